The predicted octanol–water partition coefficient (Wildman–Crippen LogP) is 3.58. The van der Waals surface area contributed by atoms with Gasteiger partial charge in [0.25, 0.3) is 0 Å². The van der Waals surface area contributed by atoms with E-state index in [2.05, 4.69) is 59.8 Å². The van der Waals surface area contributed by atoms with Crippen LogP contribution in [0, 0.1) is 0 Å². The van der Waals surface area contributed by atoms with Crippen LogP contribution in [0.15, 0.2) is 28.7 Å². The molecule has 3 nitrogen and oxygen atoms in total. The van der Waals surface area contributed by atoms with Gasteiger partial charge in [-0.05, 0) is 38.0 Å². The van der Waals surface area contributed by atoms with Crippen molar-refractivity contribution >= 4 is 15.9 Å². The molecule has 2 unspecified atom stereocenters. The molecular weight excluding hydrogens is 316 g/mol. The molecule has 0 aliphatic rings. The van der Waals surface area contributed by atoms with Crippen LogP contribution in [-0.2, 0) is 4.74 Å². The molecule has 0 saturated carbocycles. The summed E-state index contributed by atoms with van der Waals surface area (Å²) in [6.45, 7) is 8.18. The molecule has 0 bridgehead atoms. The Bertz CT molecular complexity index is 398. The number of hydrogen-bond acceptors (Lipinski definition) is 3. The van der Waals surface area contributed by atoms with Crippen LogP contribution in [-0.4, -0.2) is 37.2 Å². The molecule has 0 spiro atoms. The lowest BCUT2D eigenvalue weighted by Crippen LogP contribution is -2.45. The van der Waals surface area contributed by atoms with Crippen molar-refractivity contribution in [2.45, 2.75) is 45.3 Å². The molecule has 2 atom stereocenters. The Morgan fingerprint density at radius 2 is 2.05 bits per heavy atom. The van der Waals surface area contributed by atoms with Gasteiger partial charge in [0.05, 0.1) is 12.6 Å². The first-order chi connectivity index (χ1) is 9.51. The molecule has 1 aromatic rings. The van der Waals surface area contributed by atoms with Crippen LogP contribution in [0.3, 0.4) is 0 Å². The van der Waals surface area contributed by atoms with Crippen molar-refractivity contribution in [2.75, 3.05) is 20.3 Å². The third-order valence-corrected chi connectivity index (χ3v) is 4.13. The molecular formula is C16H27BrN2O. The van der Waals surface area contributed by atoms with Crippen molar-refractivity contribution in [1.82, 2.24) is 4.90 Å². The van der Waals surface area contributed by atoms with Gasteiger partial charge >= 0.3 is 0 Å². The summed E-state index contributed by atoms with van der Waals surface area (Å²) < 4.78 is 6.35. The summed E-state index contributed by atoms with van der Waals surface area (Å²) in [4.78, 5) is 2.43. The lowest BCUT2D eigenvalue weighted by Gasteiger charge is -2.38. The Hall–Kier alpha value is -0.420. The molecule has 1 rings (SSSR count). The Kier molecular flexibility index (Phi) is 7.74. The van der Waals surface area contributed by atoms with Gasteiger partial charge in [-0.15, -0.1) is 0 Å². The number of ether oxygens (including phenoxy) is 1. The van der Waals surface area contributed by atoms with E-state index in [1.165, 1.54) is 5.56 Å². The average Bonchev–Trinajstić information content (AvgIpc) is 2.42. The van der Waals surface area contributed by atoms with Gasteiger partial charge in [0, 0.05) is 30.2 Å². The van der Waals surface area contributed by atoms with E-state index in [-0.39, 0.29) is 12.1 Å². The van der Waals surface area contributed by atoms with Crippen molar-refractivity contribution in [3.63, 3.8) is 0 Å². The Morgan fingerprint density at radius 1 is 1.35 bits per heavy atom. The topological polar surface area (TPSA) is 38.5 Å². The van der Waals surface area contributed by atoms with E-state index < -0.39 is 0 Å². The molecule has 0 aliphatic carbocycles. The second kappa shape index (κ2) is 8.78. The van der Waals surface area contributed by atoms with Crippen molar-refractivity contribution in [2.24, 2.45) is 5.73 Å². The monoisotopic (exact) mass is 342 g/mol. The second-order valence-electron chi connectivity index (χ2n) is 5.40. The summed E-state index contributed by atoms with van der Waals surface area (Å²) in [6.07, 6.45) is 0.952. The van der Waals surface area contributed by atoms with Gasteiger partial charge in [0.2, 0.25) is 0 Å². The first kappa shape index (κ1) is 17.6. The number of methoxy groups -OCH3 is 1. The average molecular weight is 343 g/mol. The van der Waals surface area contributed by atoms with Gasteiger partial charge in [-0.3, -0.25) is 4.90 Å². The zero-order valence-electron chi connectivity index (χ0n) is 13.0. The zero-order valence-corrected chi connectivity index (χ0v) is 14.6. The third kappa shape index (κ3) is 4.85. The van der Waals surface area contributed by atoms with Crippen molar-refractivity contribution in [1.29, 1.82) is 0 Å². The van der Waals surface area contributed by atoms with E-state index in [4.69, 9.17) is 10.5 Å². The van der Waals surface area contributed by atoms with Crippen molar-refractivity contribution in [3.8, 4) is 0 Å². The Morgan fingerprint density at radius 3 is 2.55 bits per heavy atom. The fourth-order valence-electron chi connectivity index (χ4n) is 2.51. The molecule has 1 aromatic carbocycles. The standard InChI is InChI=1S/C16H27BrN2O/c1-5-15(18)16(13-7-6-8-14(17)11-13)19(12(2)3)9-10-20-4/h6-8,11-12,15-16H,5,9-10,18H2,1-4H3. The smallest absolute Gasteiger partial charge is 0.0590 e. The number of nitrogens with zero attached hydrogens (tertiary/aromatic N) is 1. The van der Waals surface area contributed by atoms with Gasteiger partial charge in [0.1, 0.15) is 0 Å². The maximum atomic E-state index is 6.41. The number of nitrogens with two attached hydrogens (primary N) is 1. The highest BCUT2D eigenvalue weighted by Gasteiger charge is 2.27. The van der Waals surface area contributed by atoms with E-state index >= 15 is 0 Å². The van der Waals surface area contributed by atoms with Crippen LogP contribution < -0.4 is 5.73 Å². The van der Waals surface area contributed by atoms with Crippen molar-refractivity contribution < 1.29 is 4.74 Å². The minimum atomic E-state index is 0.114. The molecule has 20 heavy (non-hydrogen) atoms. The minimum absolute atomic E-state index is 0.114. The summed E-state index contributed by atoms with van der Waals surface area (Å²) in [5, 5.41) is 0. The number of hydrogen-bond donors (Lipinski definition) is 1. The first-order valence-electron chi connectivity index (χ1n) is 7.27. The van der Waals surface area contributed by atoms with Crippen LogP contribution in [0.5, 0.6) is 0 Å². The third-order valence-electron chi connectivity index (χ3n) is 3.64. The summed E-state index contributed by atoms with van der Waals surface area (Å²) in [6, 6.07) is 9.20. The normalized spacial score (nSPS) is 14.8. The molecule has 114 valence electrons. The maximum Gasteiger partial charge on any atom is 0.0590 e. The van der Waals surface area contributed by atoms with Gasteiger partial charge in [0.15, 0.2) is 0 Å². The SMILES string of the molecule is CCC(N)C(c1cccc(Br)c1)N(CCOC)C(C)C. The Labute approximate surface area is 131 Å². The fourth-order valence-corrected chi connectivity index (χ4v) is 2.93. The fraction of sp³-hybridized carbons (Fsp3) is 0.625. The minimum Gasteiger partial charge on any atom is -0.383 e. The molecule has 4 heteroatoms. The highest BCUT2D eigenvalue weighted by Crippen LogP contribution is 2.28. The molecule has 0 heterocycles. The predicted molar refractivity (Wildman–Crippen MR) is 88.9 cm³/mol. The lowest BCUT2D eigenvalue weighted by atomic mass is 9.95. The van der Waals surface area contributed by atoms with E-state index in [0.29, 0.717) is 6.04 Å². The van der Waals surface area contributed by atoms with Crippen LogP contribution in [0.4, 0.5) is 0 Å². The largest absolute Gasteiger partial charge is 0.383 e. The van der Waals surface area contributed by atoms with Gasteiger partial charge in [-0.25, -0.2) is 0 Å². The molecule has 0 saturated heterocycles. The van der Waals surface area contributed by atoms with E-state index in [1.54, 1.807) is 7.11 Å². The maximum absolute atomic E-state index is 6.41. The second-order valence-corrected chi connectivity index (χ2v) is 6.31. The zero-order chi connectivity index (χ0) is 15.1. The highest BCUT2D eigenvalue weighted by atomic mass is 79.9. The van der Waals surface area contributed by atoms with Gasteiger partial charge < -0.3 is 10.5 Å². The quantitative estimate of drug-likeness (QED) is 0.784. The van der Waals surface area contributed by atoms with Crippen LogP contribution in [0.25, 0.3) is 0 Å². The summed E-state index contributed by atoms with van der Waals surface area (Å²) >= 11 is 3.56. The van der Waals surface area contributed by atoms with E-state index in [0.717, 1.165) is 24.0 Å². The van der Waals surface area contributed by atoms with Gasteiger partial charge in [-0.2, -0.15) is 0 Å². The van der Waals surface area contributed by atoms with E-state index in [1.807, 2.05) is 6.07 Å². The number of rotatable bonds is 8. The molecule has 0 fully saturated rings. The molecule has 2 N–H and O–H groups in total. The van der Waals surface area contributed by atoms with Crippen molar-refractivity contribution in [3.05, 3.63) is 34.3 Å². The van der Waals surface area contributed by atoms with E-state index in [9.17, 15) is 0 Å². The molecule has 0 aromatic heterocycles. The summed E-state index contributed by atoms with van der Waals surface area (Å²) in [5.74, 6) is 0. The van der Waals surface area contributed by atoms with Crippen LogP contribution in [0.2, 0.25) is 0 Å². The van der Waals surface area contributed by atoms with Crippen LogP contribution in [0.1, 0.15) is 38.8 Å². The molecule has 0 aliphatic heterocycles. The molecule has 0 radical (unpaired) electrons. The lowest BCUT2D eigenvalue weighted by molar-refractivity contribution is 0.0831. The summed E-state index contributed by atoms with van der Waals surface area (Å²) in [5.41, 5.74) is 7.67. The number of halogens is 1. The highest BCUT2D eigenvalue weighted by molar-refractivity contribution is 9.10. The number of benzene rings is 1. The summed E-state index contributed by atoms with van der Waals surface area (Å²) in [7, 11) is 1.74. The van der Waals surface area contributed by atoms with Gasteiger partial charge in [-0.1, -0.05) is 35.0 Å². The molecule has 0 amide bonds. The van der Waals surface area contributed by atoms with Crippen LogP contribution >= 0.6 is 15.9 Å². The first-order valence-corrected chi connectivity index (χ1v) is 8.06. The Balaban J connectivity index is 3.08.